The van der Waals surface area contributed by atoms with E-state index in [-0.39, 0.29) is 11.3 Å². The first kappa shape index (κ1) is 12.6. The Balaban J connectivity index is 1.77. The molecule has 2 heterocycles. The van der Waals surface area contributed by atoms with E-state index in [0.29, 0.717) is 12.0 Å². The second-order valence-electron chi connectivity index (χ2n) is 6.70. The number of β-lactam (4-membered cyclic amide) rings is 1. The number of nitrogens with zero attached hydrogens (tertiary/aromatic N) is 1. The van der Waals surface area contributed by atoms with Crippen LogP contribution in [0.3, 0.4) is 0 Å². The predicted octanol–water partition coefficient (Wildman–Crippen LogP) is 3.77. The summed E-state index contributed by atoms with van der Waals surface area (Å²) in [6.07, 6.45) is 0.996. The van der Waals surface area contributed by atoms with Crippen molar-refractivity contribution in [3.63, 3.8) is 0 Å². The van der Waals surface area contributed by atoms with Gasteiger partial charge in [-0.3, -0.25) is 4.79 Å². The van der Waals surface area contributed by atoms with Crippen LogP contribution in [0.1, 0.15) is 30.9 Å². The number of benzene rings is 2. The summed E-state index contributed by atoms with van der Waals surface area (Å²) >= 11 is 0. The van der Waals surface area contributed by atoms with Gasteiger partial charge in [-0.25, -0.2) is 0 Å². The van der Waals surface area contributed by atoms with Crippen LogP contribution >= 0.6 is 0 Å². The van der Waals surface area contributed by atoms with Crippen molar-refractivity contribution < 1.29 is 4.79 Å². The third-order valence-electron chi connectivity index (χ3n) is 5.06. The molecular formula is C19H19NO. The molecule has 0 aliphatic carbocycles. The number of hydrogen-bond acceptors (Lipinski definition) is 1. The fraction of sp³-hybridized carbons (Fsp3) is 0.316. The van der Waals surface area contributed by atoms with E-state index >= 15 is 0 Å². The first-order valence-electron chi connectivity index (χ1n) is 7.57. The number of para-hydroxylation sites is 1. The van der Waals surface area contributed by atoms with E-state index in [0.717, 1.165) is 12.1 Å². The highest BCUT2D eigenvalue weighted by Crippen LogP contribution is 2.56. The molecule has 106 valence electrons. The second-order valence-corrected chi connectivity index (χ2v) is 6.70. The van der Waals surface area contributed by atoms with Gasteiger partial charge in [0.15, 0.2) is 0 Å². The molecule has 0 unspecified atom stereocenters. The van der Waals surface area contributed by atoms with Crippen molar-refractivity contribution in [2.75, 3.05) is 4.90 Å². The lowest BCUT2D eigenvalue weighted by atomic mass is 9.68. The smallest absolute Gasteiger partial charge is 0.235 e. The SMILES string of the molecule is CC1(C)C(=O)N2c3ccccc3[C@H](Cc3ccccc3)[C@H]21. The monoisotopic (exact) mass is 277 g/mol. The number of rotatable bonds is 2. The van der Waals surface area contributed by atoms with Gasteiger partial charge in [0.25, 0.3) is 0 Å². The highest BCUT2D eigenvalue weighted by Gasteiger charge is 2.61. The molecule has 2 atom stereocenters. The van der Waals surface area contributed by atoms with Gasteiger partial charge in [-0.2, -0.15) is 0 Å². The largest absolute Gasteiger partial charge is 0.307 e. The van der Waals surface area contributed by atoms with Gasteiger partial charge in [-0.15, -0.1) is 0 Å². The van der Waals surface area contributed by atoms with Crippen molar-refractivity contribution in [3.8, 4) is 0 Å². The van der Waals surface area contributed by atoms with Gasteiger partial charge >= 0.3 is 0 Å². The fourth-order valence-electron chi connectivity index (χ4n) is 4.04. The topological polar surface area (TPSA) is 20.3 Å². The summed E-state index contributed by atoms with van der Waals surface area (Å²) in [5.41, 5.74) is 3.53. The molecule has 4 rings (SSSR count). The molecule has 1 fully saturated rings. The van der Waals surface area contributed by atoms with Gasteiger partial charge in [0.1, 0.15) is 0 Å². The van der Waals surface area contributed by atoms with Crippen LogP contribution in [0.4, 0.5) is 5.69 Å². The van der Waals surface area contributed by atoms with Crippen molar-refractivity contribution in [2.45, 2.75) is 32.2 Å². The first-order chi connectivity index (χ1) is 10.1. The van der Waals surface area contributed by atoms with Crippen molar-refractivity contribution >= 4 is 11.6 Å². The third-order valence-corrected chi connectivity index (χ3v) is 5.06. The van der Waals surface area contributed by atoms with E-state index in [1.807, 2.05) is 11.0 Å². The maximum atomic E-state index is 12.5. The average Bonchev–Trinajstić information content (AvgIpc) is 2.81. The molecule has 2 nitrogen and oxygen atoms in total. The molecule has 21 heavy (non-hydrogen) atoms. The minimum atomic E-state index is -0.252. The van der Waals surface area contributed by atoms with Gasteiger partial charge in [-0.05, 0) is 37.5 Å². The van der Waals surface area contributed by atoms with Crippen LogP contribution in [-0.2, 0) is 11.2 Å². The van der Waals surface area contributed by atoms with Crippen molar-refractivity contribution in [3.05, 3.63) is 65.7 Å². The number of hydrogen-bond donors (Lipinski definition) is 0. The summed E-state index contributed by atoms with van der Waals surface area (Å²) < 4.78 is 0. The summed E-state index contributed by atoms with van der Waals surface area (Å²) in [6.45, 7) is 4.17. The zero-order chi connectivity index (χ0) is 14.6. The molecule has 1 amide bonds. The Labute approximate surface area is 125 Å². The van der Waals surface area contributed by atoms with E-state index in [1.165, 1.54) is 11.1 Å². The quantitative estimate of drug-likeness (QED) is 0.765. The number of carbonyl (C=O) groups excluding carboxylic acids is 1. The third kappa shape index (κ3) is 1.62. The Kier molecular flexibility index (Phi) is 2.53. The van der Waals surface area contributed by atoms with E-state index in [4.69, 9.17) is 0 Å². The number of anilines is 1. The molecule has 0 bridgehead atoms. The molecule has 0 radical (unpaired) electrons. The molecule has 2 aliphatic heterocycles. The number of fused-ring (bicyclic) bond motifs is 3. The van der Waals surface area contributed by atoms with Crippen LogP contribution < -0.4 is 4.90 Å². The summed E-state index contributed by atoms with van der Waals surface area (Å²) in [5.74, 6) is 0.659. The van der Waals surface area contributed by atoms with Gasteiger partial charge in [0.05, 0.1) is 11.5 Å². The molecule has 0 spiro atoms. The predicted molar refractivity (Wildman–Crippen MR) is 84.4 cm³/mol. The standard InChI is InChI=1S/C19H19NO/c1-19(2)17-15(12-13-8-4-3-5-9-13)14-10-6-7-11-16(14)20(17)18(19)21/h3-11,15,17H,12H2,1-2H3/t15-,17-/m0/s1. The van der Waals surface area contributed by atoms with Gasteiger partial charge in [0, 0.05) is 11.6 Å². The summed E-state index contributed by atoms with van der Waals surface area (Å²) in [7, 11) is 0. The molecule has 0 N–H and O–H groups in total. The average molecular weight is 277 g/mol. The highest BCUT2D eigenvalue weighted by atomic mass is 16.2. The van der Waals surface area contributed by atoms with E-state index in [9.17, 15) is 4.79 Å². The van der Waals surface area contributed by atoms with Crippen LogP contribution in [0, 0.1) is 5.41 Å². The number of amides is 1. The highest BCUT2D eigenvalue weighted by molar-refractivity contribution is 6.08. The molecule has 2 aliphatic rings. The van der Waals surface area contributed by atoms with Crippen LogP contribution in [0.5, 0.6) is 0 Å². The van der Waals surface area contributed by atoms with E-state index < -0.39 is 0 Å². The van der Waals surface area contributed by atoms with Gasteiger partial charge < -0.3 is 4.90 Å². The van der Waals surface area contributed by atoms with Crippen molar-refractivity contribution in [1.82, 2.24) is 0 Å². The minimum absolute atomic E-state index is 0.252. The Morgan fingerprint density at radius 2 is 1.67 bits per heavy atom. The zero-order valence-corrected chi connectivity index (χ0v) is 12.4. The molecule has 2 aromatic carbocycles. The molecule has 0 aromatic heterocycles. The maximum Gasteiger partial charge on any atom is 0.235 e. The lowest BCUT2D eigenvalue weighted by molar-refractivity contribution is -0.137. The van der Waals surface area contributed by atoms with Gasteiger partial charge in [0.2, 0.25) is 5.91 Å². The Bertz CT molecular complexity index is 705. The van der Waals surface area contributed by atoms with E-state index in [2.05, 4.69) is 62.4 Å². The van der Waals surface area contributed by atoms with Crippen LogP contribution in [0.2, 0.25) is 0 Å². The van der Waals surface area contributed by atoms with Crippen LogP contribution in [0.15, 0.2) is 54.6 Å². The Morgan fingerprint density at radius 1 is 1.00 bits per heavy atom. The summed E-state index contributed by atoms with van der Waals surface area (Å²) in [6, 6.07) is 19.3. The van der Waals surface area contributed by atoms with Crippen molar-refractivity contribution in [1.29, 1.82) is 0 Å². The number of carbonyl (C=O) groups is 1. The molecule has 0 saturated carbocycles. The summed E-state index contributed by atoms with van der Waals surface area (Å²) in [5, 5.41) is 0. The van der Waals surface area contributed by atoms with Crippen molar-refractivity contribution in [2.24, 2.45) is 5.41 Å². The Hall–Kier alpha value is -2.09. The Morgan fingerprint density at radius 3 is 2.43 bits per heavy atom. The van der Waals surface area contributed by atoms with E-state index in [1.54, 1.807) is 0 Å². The zero-order valence-electron chi connectivity index (χ0n) is 12.4. The molecule has 2 heteroatoms. The molecule has 2 aromatic rings. The maximum absolute atomic E-state index is 12.5. The van der Waals surface area contributed by atoms with Crippen LogP contribution in [0.25, 0.3) is 0 Å². The fourth-order valence-corrected chi connectivity index (χ4v) is 4.04. The first-order valence-corrected chi connectivity index (χ1v) is 7.57. The van der Waals surface area contributed by atoms with Gasteiger partial charge in [-0.1, -0.05) is 48.5 Å². The normalized spacial score (nSPS) is 25.2. The second kappa shape index (κ2) is 4.20. The van der Waals surface area contributed by atoms with Crippen LogP contribution in [-0.4, -0.2) is 11.9 Å². The lowest BCUT2D eigenvalue weighted by Crippen LogP contribution is -2.66. The summed E-state index contributed by atoms with van der Waals surface area (Å²) in [4.78, 5) is 14.5. The minimum Gasteiger partial charge on any atom is -0.307 e. The lowest BCUT2D eigenvalue weighted by Gasteiger charge is -2.51. The molecule has 1 saturated heterocycles. The molecular weight excluding hydrogens is 258 g/mol.